The van der Waals surface area contributed by atoms with Crippen LogP contribution in [-0.4, -0.2) is 13.9 Å². The van der Waals surface area contributed by atoms with E-state index in [0.29, 0.717) is 5.75 Å². The van der Waals surface area contributed by atoms with E-state index < -0.39 is 0 Å². The predicted molar refractivity (Wildman–Crippen MR) is 78.7 cm³/mol. The van der Waals surface area contributed by atoms with Crippen molar-refractivity contribution in [2.24, 2.45) is 0 Å². The Kier molecular flexibility index (Phi) is 3.80. The molecule has 1 aromatic heterocycles. The number of ether oxygens (including phenoxy) is 3. The van der Waals surface area contributed by atoms with Gasteiger partial charge < -0.3 is 19.5 Å². The molecule has 4 nitrogen and oxygen atoms in total. The molecule has 0 saturated heterocycles. The van der Waals surface area contributed by atoms with Crippen LogP contribution in [0, 0.1) is 6.92 Å². The Morgan fingerprint density at radius 1 is 1.25 bits per heavy atom. The topological polar surface area (TPSA) is 39.7 Å². The molecule has 0 spiro atoms. The first-order valence-electron chi connectivity index (χ1n) is 6.47. The number of nitrogens with one attached hydrogen (secondary N) is 1. The molecule has 3 rings (SSSR count). The van der Waals surface area contributed by atoms with Gasteiger partial charge in [-0.05, 0) is 46.5 Å². The third-order valence-corrected chi connectivity index (χ3v) is 4.23. The van der Waals surface area contributed by atoms with Crippen molar-refractivity contribution < 1.29 is 14.2 Å². The van der Waals surface area contributed by atoms with Gasteiger partial charge in [-0.15, -0.1) is 0 Å². The van der Waals surface area contributed by atoms with Crippen molar-refractivity contribution in [3.05, 3.63) is 39.6 Å². The van der Waals surface area contributed by atoms with Crippen LogP contribution in [0.5, 0.6) is 17.2 Å². The van der Waals surface area contributed by atoms with Gasteiger partial charge in [-0.1, -0.05) is 0 Å². The highest BCUT2D eigenvalue weighted by molar-refractivity contribution is 7.08. The number of methoxy groups -OCH3 is 1. The second-order valence-electron chi connectivity index (χ2n) is 4.72. The van der Waals surface area contributed by atoms with E-state index in [2.05, 4.69) is 23.0 Å². The van der Waals surface area contributed by atoms with Crippen LogP contribution < -0.4 is 19.5 Å². The second kappa shape index (κ2) is 5.73. The lowest BCUT2D eigenvalue weighted by atomic mass is 10.1. The van der Waals surface area contributed by atoms with Crippen molar-refractivity contribution in [3.8, 4) is 17.2 Å². The zero-order valence-corrected chi connectivity index (χ0v) is 12.4. The van der Waals surface area contributed by atoms with Crippen molar-refractivity contribution in [1.29, 1.82) is 0 Å². The Labute approximate surface area is 122 Å². The van der Waals surface area contributed by atoms with Crippen LogP contribution in [0.25, 0.3) is 0 Å². The molecule has 0 aliphatic carbocycles. The molecular formula is C15H17NO3S. The molecule has 0 bridgehead atoms. The van der Waals surface area contributed by atoms with Crippen LogP contribution in [-0.2, 0) is 13.1 Å². The van der Waals surface area contributed by atoms with E-state index >= 15 is 0 Å². The Morgan fingerprint density at radius 3 is 2.90 bits per heavy atom. The summed E-state index contributed by atoms with van der Waals surface area (Å²) < 4.78 is 16.2. The first kappa shape index (κ1) is 13.3. The van der Waals surface area contributed by atoms with E-state index in [1.807, 2.05) is 12.1 Å². The molecule has 5 heteroatoms. The fourth-order valence-electron chi connectivity index (χ4n) is 2.20. The van der Waals surface area contributed by atoms with Gasteiger partial charge >= 0.3 is 0 Å². The van der Waals surface area contributed by atoms with Crippen molar-refractivity contribution in [2.75, 3.05) is 13.9 Å². The Hall–Kier alpha value is -1.72. The maximum Gasteiger partial charge on any atom is 0.231 e. The monoisotopic (exact) mass is 291 g/mol. The molecule has 20 heavy (non-hydrogen) atoms. The third kappa shape index (κ3) is 2.59. The summed E-state index contributed by atoms with van der Waals surface area (Å²) in [6, 6.07) is 3.99. The normalized spacial score (nSPS) is 12.7. The zero-order valence-electron chi connectivity index (χ0n) is 11.6. The largest absolute Gasteiger partial charge is 0.493 e. The van der Waals surface area contributed by atoms with E-state index in [4.69, 9.17) is 14.2 Å². The molecule has 2 aromatic rings. The number of benzene rings is 1. The summed E-state index contributed by atoms with van der Waals surface area (Å²) in [6.45, 7) is 4.03. The average molecular weight is 291 g/mol. The van der Waals surface area contributed by atoms with Crippen LogP contribution in [0.1, 0.15) is 16.7 Å². The highest BCUT2D eigenvalue weighted by Gasteiger charge is 2.19. The number of thiophene rings is 1. The van der Waals surface area contributed by atoms with Crippen molar-refractivity contribution >= 4 is 11.3 Å². The molecule has 0 saturated carbocycles. The SMILES string of the molecule is COc1cc(CNCc2cscc2C)cc2c1OCO2. The molecular weight excluding hydrogens is 274 g/mol. The van der Waals surface area contributed by atoms with Crippen LogP contribution >= 0.6 is 11.3 Å². The summed E-state index contributed by atoms with van der Waals surface area (Å²) in [6.07, 6.45) is 0. The predicted octanol–water partition coefficient (Wildman–Crippen LogP) is 3.08. The minimum Gasteiger partial charge on any atom is -0.493 e. The van der Waals surface area contributed by atoms with Crippen LogP contribution in [0.3, 0.4) is 0 Å². The quantitative estimate of drug-likeness (QED) is 0.919. The fraction of sp³-hybridized carbons (Fsp3) is 0.333. The molecule has 1 N–H and O–H groups in total. The molecule has 0 amide bonds. The Balaban J connectivity index is 1.67. The summed E-state index contributed by atoms with van der Waals surface area (Å²) in [5, 5.41) is 7.79. The van der Waals surface area contributed by atoms with Gasteiger partial charge in [0.1, 0.15) is 0 Å². The maximum atomic E-state index is 5.42. The zero-order chi connectivity index (χ0) is 13.9. The molecule has 1 aliphatic heterocycles. The van der Waals surface area contributed by atoms with Crippen molar-refractivity contribution in [1.82, 2.24) is 5.32 Å². The maximum absolute atomic E-state index is 5.42. The number of rotatable bonds is 5. The molecule has 1 aromatic carbocycles. The van der Waals surface area contributed by atoms with E-state index in [9.17, 15) is 0 Å². The van der Waals surface area contributed by atoms with Crippen LogP contribution in [0.15, 0.2) is 22.9 Å². The lowest BCUT2D eigenvalue weighted by Gasteiger charge is -2.09. The van der Waals surface area contributed by atoms with Gasteiger partial charge in [0.25, 0.3) is 0 Å². The molecule has 106 valence electrons. The molecule has 0 radical (unpaired) electrons. The number of fused-ring (bicyclic) bond motifs is 1. The van der Waals surface area contributed by atoms with Crippen LogP contribution in [0.4, 0.5) is 0 Å². The van der Waals surface area contributed by atoms with E-state index in [1.54, 1.807) is 18.4 Å². The number of hydrogen-bond donors (Lipinski definition) is 1. The Bertz CT molecular complexity index is 609. The lowest BCUT2D eigenvalue weighted by molar-refractivity contribution is 0.171. The molecule has 0 fully saturated rings. The third-order valence-electron chi connectivity index (χ3n) is 3.32. The second-order valence-corrected chi connectivity index (χ2v) is 5.46. The number of hydrogen-bond acceptors (Lipinski definition) is 5. The van der Waals surface area contributed by atoms with Gasteiger partial charge in [-0.2, -0.15) is 11.3 Å². The van der Waals surface area contributed by atoms with Crippen molar-refractivity contribution in [3.63, 3.8) is 0 Å². The lowest BCUT2D eigenvalue weighted by Crippen LogP contribution is -2.12. The highest BCUT2D eigenvalue weighted by atomic mass is 32.1. The van der Waals surface area contributed by atoms with Crippen LogP contribution in [0.2, 0.25) is 0 Å². The highest BCUT2D eigenvalue weighted by Crippen LogP contribution is 2.41. The van der Waals surface area contributed by atoms with E-state index in [-0.39, 0.29) is 6.79 Å². The summed E-state index contributed by atoms with van der Waals surface area (Å²) in [4.78, 5) is 0. The fourth-order valence-corrected chi connectivity index (χ4v) is 3.05. The van der Waals surface area contributed by atoms with Crippen molar-refractivity contribution in [2.45, 2.75) is 20.0 Å². The first-order chi connectivity index (χ1) is 9.78. The smallest absolute Gasteiger partial charge is 0.231 e. The molecule has 1 aliphatic rings. The molecule has 0 atom stereocenters. The van der Waals surface area contributed by atoms with Gasteiger partial charge in [0.2, 0.25) is 12.5 Å². The first-order valence-corrected chi connectivity index (χ1v) is 7.41. The number of aryl methyl sites for hydroxylation is 1. The summed E-state index contributed by atoms with van der Waals surface area (Å²) in [7, 11) is 1.64. The summed E-state index contributed by atoms with van der Waals surface area (Å²) >= 11 is 1.74. The van der Waals surface area contributed by atoms with Gasteiger partial charge in [-0.25, -0.2) is 0 Å². The van der Waals surface area contributed by atoms with Gasteiger partial charge in [0, 0.05) is 13.1 Å². The standard InChI is InChI=1S/C15H17NO3S/c1-10-7-20-8-12(10)6-16-5-11-3-13(17-2)15-14(4-11)18-9-19-15/h3-4,7-8,16H,5-6,9H2,1-2H3. The molecule has 2 heterocycles. The summed E-state index contributed by atoms with van der Waals surface area (Å²) in [5.74, 6) is 2.18. The average Bonchev–Trinajstić information content (AvgIpc) is 3.07. The molecule has 0 unspecified atom stereocenters. The summed E-state index contributed by atoms with van der Waals surface area (Å²) in [5.41, 5.74) is 3.81. The minimum atomic E-state index is 0.261. The van der Waals surface area contributed by atoms with Gasteiger partial charge in [0.15, 0.2) is 11.5 Å². The van der Waals surface area contributed by atoms with E-state index in [1.165, 1.54) is 11.1 Å². The van der Waals surface area contributed by atoms with E-state index in [0.717, 1.165) is 30.2 Å². The Morgan fingerprint density at radius 2 is 2.15 bits per heavy atom. The van der Waals surface area contributed by atoms with Gasteiger partial charge in [-0.3, -0.25) is 0 Å². The minimum absolute atomic E-state index is 0.261. The van der Waals surface area contributed by atoms with Gasteiger partial charge in [0.05, 0.1) is 7.11 Å².